The summed E-state index contributed by atoms with van der Waals surface area (Å²) < 4.78 is 5.48. The summed E-state index contributed by atoms with van der Waals surface area (Å²) in [7, 11) is 1.54. The Kier molecular flexibility index (Phi) is 5.62. The highest BCUT2D eigenvalue weighted by Gasteiger charge is 2.20. The highest BCUT2D eigenvalue weighted by atomic mass is 32.1. The third-order valence-electron chi connectivity index (χ3n) is 5.23. The number of anilines is 1. The number of fused-ring (bicyclic) bond motifs is 1. The number of aryl methyl sites for hydroxylation is 1. The number of nitrogens with zero attached hydrogens (tertiary/aromatic N) is 5. The van der Waals surface area contributed by atoms with E-state index in [0.717, 1.165) is 18.5 Å². The van der Waals surface area contributed by atoms with Crippen molar-refractivity contribution in [2.24, 2.45) is 5.92 Å². The summed E-state index contributed by atoms with van der Waals surface area (Å²) in [6.45, 7) is 1.83. The van der Waals surface area contributed by atoms with Crippen LogP contribution in [0, 0.1) is 36.0 Å². The molecular formula is C25H18N6O2S. The first-order valence-electron chi connectivity index (χ1n) is 10.6. The Hall–Kier alpha value is -4.34. The van der Waals surface area contributed by atoms with Crippen LogP contribution in [0.2, 0.25) is 0 Å². The normalized spacial score (nSPS) is 12.5. The van der Waals surface area contributed by atoms with Gasteiger partial charge < -0.3 is 4.74 Å². The van der Waals surface area contributed by atoms with Gasteiger partial charge in [-0.25, -0.2) is 9.97 Å². The van der Waals surface area contributed by atoms with Gasteiger partial charge in [-0.2, -0.15) is 10.2 Å². The van der Waals surface area contributed by atoms with Crippen LogP contribution in [0.25, 0.3) is 21.6 Å². The largest absolute Gasteiger partial charge is 0.496 e. The number of pyridine rings is 1. The maximum absolute atomic E-state index is 13.2. The first-order chi connectivity index (χ1) is 16.5. The zero-order valence-electron chi connectivity index (χ0n) is 18.4. The Labute approximate surface area is 199 Å². The molecule has 0 unspecified atom stereocenters. The summed E-state index contributed by atoms with van der Waals surface area (Å²) in [6, 6.07) is 8.99. The number of hydrogen-bond donors (Lipinski definition) is 1. The summed E-state index contributed by atoms with van der Waals surface area (Å²) in [6.07, 6.45) is 5.39. The summed E-state index contributed by atoms with van der Waals surface area (Å²) in [5, 5.41) is 12.5. The van der Waals surface area contributed by atoms with Crippen LogP contribution in [0.5, 0.6) is 5.75 Å². The number of aromatic nitrogens is 4. The Morgan fingerprint density at radius 2 is 2.03 bits per heavy atom. The molecule has 0 spiro atoms. The molecule has 0 bridgehead atoms. The Bertz CT molecular complexity index is 1540. The number of rotatable bonds is 4. The predicted molar refractivity (Wildman–Crippen MR) is 128 cm³/mol. The third-order valence-corrected chi connectivity index (χ3v) is 6.08. The van der Waals surface area contributed by atoms with E-state index < -0.39 is 0 Å². The van der Waals surface area contributed by atoms with Gasteiger partial charge in [0.2, 0.25) is 0 Å². The van der Waals surface area contributed by atoms with Crippen molar-refractivity contribution in [3.8, 4) is 34.8 Å². The molecule has 0 radical (unpaired) electrons. The van der Waals surface area contributed by atoms with Gasteiger partial charge >= 0.3 is 0 Å². The highest BCUT2D eigenvalue weighted by Crippen LogP contribution is 2.34. The monoisotopic (exact) mass is 466 g/mol. The van der Waals surface area contributed by atoms with Gasteiger partial charge in [0, 0.05) is 28.9 Å². The molecule has 0 saturated heterocycles. The van der Waals surface area contributed by atoms with Crippen LogP contribution in [0.1, 0.15) is 40.2 Å². The maximum atomic E-state index is 13.2. The quantitative estimate of drug-likeness (QED) is 0.445. The van der Waals surface area contributed by atoms with Gasteiger partial charge in [0.1, 0.15) is 11.4 Å². The number of nitrogens with one attached hydrogen (secondary N) is 1. The number of amides is 1. The van der Waals surface area contributed by atoms with E-state index in [9.17, 15) is 10.1 Å². The fraction of sp³-hybridized carbons (Fsp3) is 0.200. The van der Waals surface area contributed by atoms with Crippen LogP contribution in [0.3, 0.4) is 0 Å². The maximum Gasteiger partial charge on any atom is 0.259 e. The summed E-state index contributed by atoms with van der Waals surface area (Å²) in [5.74, 6) is 6.85. The van der Waals surface area contributed by atoms with Crippen molar-refractivity contribution in [3.63, 3.8) is 0 Å². The lowest BCUT2D eigenvalue weighted by molar-refractivity contribution is 0.102. The zero-order chi connectivity index (χ0) is 23.7. The van der Waals surface area contributed by atoms with Crippen LogP contribution < -0.4 is 10.1 Å². The van der Waals surface area contributed by atoms with Gasteiger partial charge in [-0.15, -0.1) is 0 Å². The van der Waals surface area contributed by atoms with Gasteiger partial charge in [0.15, 0.2) is 15.6 Å². The lowest BCUT2D eigenvalue weighted by Crippen LogP contribution is -2.14. The van der Waals surface area contributed by atoms with Crippen LogP contribution in [0.15, 0.2) is 36.7 Å². The minimum Gasteiger partial charge on any atom is -0.496 e. The van der Waals surface area contributed by atoms with Gasteiger partial charge in [-0.05, 0) is 50.0 Å². The average molecular weight is 467 g/mol. The van der Waals surface area contributed by atoms with Gasteiger partial charge in [0.05, 0.1) is 30.5 Å². The number of ether oxygens (including phenoxy) is 1. The minimum absolute atomic E-state index is 0.329. The second-order valence-corrected chi connectivity index (χ2v) is 8.78. The number of methoxy groups -OCH3 is 1. The molecule has 1 saturated carbocycles. The summed E-state index contributed by atoms with van der Waals surface area (Å²) in [4.78, 5) is 31.4. The molecule has 5 rings (SSSR count). The molecule has 1 aliphatic carbocycles. The van der Waals surface area contributed by atoms with Crippen LogP contribution in [-0.2, 0) is 0 Å². The smallest absolute Gasteiger partial charge is 0.259 e. The molecule has 1 fully saturated rings. The number of carbonyl (C=O) groups is 1. The van der Waals surface area contributed by atoms with Crippen molar-refractivity contribution in [2.45, 2.75) is 19.8 Å². The lowest BCUT2D eigenvalue weighted by atomic mass is 9.97. The van der Waals surface area contributed by atoms with Crippen molar-refractivity contribution in [3.05, 3.63) is 59.2 Å². The van der Waals surface area contributed by atoms with E-state index in [-0.39, 0.29) is 5.91 Å². The van der Waals surface area contributed by atoms with E-state index in [2.05, 4.69) is 43.2 Å². The zero-order valence-corrected chi connectivity index (χ0v) is 19.2. The summed E-state index contributed by atoms with van der Waals surface area (Å²) >= 11 is 1.23. The fourth-order valence-corrected chi connectivity index (χ4v) is 4.15. The Morgan fingerprint density at radius 3 is 2.79 bits per heavy atom. The molecule has 3 heterocycles. The Balaban J connectivity index is 1.47. The molecule has 0 atom stereocenters. The van der Waals surface area contributed by atoms with Gasteiger partial charge in [-0.1, -0.05) is 17.3 Å². The van der Waals surface area contributed by atoms with Crippen molar-refractivity contribution < 1.29 is 9.53 Å². The third kappa shape index (κ3) is 4.42. The highest BCUT2D eigenvalue weighted by molar-refractivity contribution is 7.21. The molecule has 1 N–H and O–H groups in total. The number of thiazole rings is 1. The second-order valence-electron chi connectivity index (χ2n) is 7.80. The number of carbonyl (C=O) groups excluding carboxylic acids is 1. The average Bonchev–Trinajstić information content (AvgIpc) is 3.60. The molecule has 0 aliphatic heterocycles. The van der Waals surface area contributed by atoms with E-state index in [1.54, 1.807) is 37.6 Å². The lowest BCUT2D eigenvalue weighted by Gasteiger charge is -2.13. The molecular weight excluding hydrogens is 448 g/mol. The van der Waals surface area contributed by atoms with Crippen LogP contribution >= 0.6 is 11.3 Å². The predicted octanol–water partition coefficient (Wildman–Crippen LogP) is 4.35. The molecule has 4 aromatic rings. The van der Waals surface area contributed by atoms with Crippen LogP contribution in [0.4, 0.5) is 5.13 Å². The van der Waals surface area contributed by atoms with E-state index in [1.165, 1.54) is 17.5 Å². The summed E-state index contributed by atoms with van der Waals surface area (Å²) in [5.41, 5.74) is 3.79. The van der Waals surface area contributed by atoms with Gasteiger partial charge in [0.25, 0.3) is 5.91 Å². The SMILES string of the molecule is COc1ccc(C#N)cc1-c1cc(C)ncc1C(=O)Nc1nc2ncc(C#CC3CC3)nc2s1. The van der Waals surface area contributed by atoms with E-state index in [1.807, 2.05) is 6.92 Å². The molecule has 1 aromatic carbocycles. The first-order valence-corrected chi connectivity index (χ1v) is 11.4. The number of hydrogen-bond acceptors (Lipinski definition) is 8. The van der Waals surface area contributed by atoms with E-state index >= 15 is 0 Å². The van der Waals surface area contributed by atoms with E-state index in [0.29, 0.717) is 55.2 Å². The van der Waals surface area contributed by atoms with Gasteiger partial charge in [-0.3, -0.25) is 15.1 Å². The van der Waals surface area contributed by atoms with Crippen molar-refractivity contribution in [2.75, 3.05) is 12.4 Å². The standard InChI is InChI=1S/C25H18N6O2S/c1-14-9-18(19-10-16(11-26)6-8-21(19)33-2)20(13-27-14)23(32)31-25-30-22-24(34-25)29-17(12-28-22)7-5-15-3-4-15/h6,8-10,12-13,15H,3-4H2,1-2H3,(H,28,30,31,32). The molecule has 34 heavy (non-hydrogen) atoms. The molecule has 9 heteroatoms. The van der Waals surface area contributed by atoms with Crippen molar-refractivity contribution >= 4 is 32.9 Å². The second kappa shape index (κ2) is 8.89. The topological polar surface area (TPSA) is 114 Å². The molecule has 166 valence electrons. The number of benzene rings is 1. The number of nitriles is 1. The molecule has 1 amide bonds. The Morgan fingerprint density at radius 1 is 1.18 bits per heavy atom. The van der Waals surface area contributed by atoms with Crippen molar-refractivity contribution in [1.82, 2.24) is 19.9 Å². The molecule has 3 aromatic heterocycles. The molecule has 1 aliphatic rings. The first kappa shape index (κ1) is 21.5. The van der Waals surface area contributed by atoms with E-state index in [4.69, 9.17) is 4.74 Å². The minimum atomic E-state index is -0.389. The van der Waals surface area contributed by atoms with Crippen molar-refractivity contribution in [1.29, 1.82) is 5.26 Å². The fourth-order valence-electron chi connectivity index (χ4n) is 3.35. The molecule has 8 nitrogen and oxygen atoms in total. The van der Waals surface area contributed by atoms with Crippen LogP contribution in [-0.4, -0.2) is 33.0 Å².